The maximum Gasteiger partial charge on any atom is 0.0767 e. The van der Waals surface area contributed by atoms with Crippen molar-refractivity contribution in [3.8, 4) is 0 Å². The molecule has 0 atom stereocenters. The predicted octanol–water partition coefficient (Wildman–Crippen LogP) is 4.92. The van der Waals surface area contributed by atoms with Crippen molar-refractivity contribution in [1.29, 1.82) is 0 Å². The van der Waals surface area contributed by atoms with Gasteiger partial charge in [0.15, 0.2) is 0 Å². The summed E-state index contributed by atoms with van der Waals surface area (Å²) in [4.78, 5) is 0. The van der Waals surface area contributed by atoms with Crippen LogP contribution in [0.1, 0.15) is 71.7 Å². The number of nitrogens with zero attached hydrogens (tertiary/aromatic N) is 2. The van der Waals surface area contributed by atoms with Crippen molar-refractivity contribution in [3.63, 3.8) is 0 Å². The van der Waals surface area contributed by atoms with Crippen LogP contribution in [0.4, 0.5) is 0 Å². The minimum absolute atomic E-state index is 0.367. The van der Waals surface area contributed by atoms with Gasteiger partial charge in [0, 0.05) is 19.6 Å². The summed E-state index contributed by atoms with van der Waals surface area (Å²) < 4.78 is 3.29. The molecule has 1 heterocycles. The molecular weight excluding hydrogens is 326 g/mol. The Morgan fingerprint density at radius 3 is 2.48 bits per heavy atom. The molecule has 0 amide bonds. The summed E-state index contributed by atoms with van der Waals surface area (Å²) in [6, 6.07) is 0. The molecule has 0 unspecified atom stereocenters. The van der Waals surface area contributed by atoms with Gasteiger partial charge in [-0.05, 0) is 41.1 Å². The zero-order valence-corrected chi connectivity index (χ0v) is 16.0. The van der Waals surface area contributed by atoms with Crippen LogP contribution in [-0.4, -0.2) is 16.3 Å². The smallest absolute Gasteiger partial charge is 0.0767 e. The van der Waals surface area contributed by atoms with Crippen LogP contribution in [0.15, 0.2) is 4.47 Å². The van der Waals surface area contributed by atoms with Crippen molar-refractivity contribution in [2.75, 3.05) is 6.54 Å². The Balaban J connectivity index is 2.53. The highest BCUT2D eigenvalue weighted by atomic mass is 79.9. The van der Waals surface area contributed by atoms with Crippen molar-refractivity contribution in [2.24, 2.45) is 5.41 Å². The first-order valence-electron chi connectivity index (χ1n) is 8.40. The van der Waals surface area contributed by atoms with Crippen molar-refractivity contribution in [1.82, 2.24) is 15.1 Å². The predicted molar refractivity (Wildman–Crippen MR) is 94.6 cm³/mol. The fourth-order valence-electron chi connectivity index (χ4n) is 2.65. The van der Waals surface area contributed by atoms with Crippen molar-refractivity contribution in [3.05, 3.63) is 15.9 Å². The highest BCUT2D eigenvalue weighted by molar-refractivity contribution is 9.10. The molecule has 0 aliphatic heterocycles. The minimum atomic E-state index is 0.367. The highest BCUT2D eigenvalue weighted by Crippen LogP contribution is 2.25. The third-order valence-corrected chi connectivity index (χ3v) is 4.96. The molecule has 1 rings (SSSR count). The van der Waals surface area contributed by atoms with E-state index in [-0.39, 0.29) is 0 Å². The average molecular weight is 358 g/mol. The fourth-order valence-corrected chi connectivity index (χ4v) is 3.35. The van der Waals surface area contributed by atoms with Gasteiger partial charge in [0.25, 0.3) is 0 Å². The molecule has 0 aromatic carbocycles. The zero-order chi connectivity index (χ0) is 15.9. The quantitative estimate of drug-likeness (QED) is 0.602. The van der Waals surface area contributed by atoms with Crippen molar-refractivity contribution in [2.45, 2.75) is 79.8 Å². The highest BCUT2D eigenvalue weighted by Gasteiger charge is 2.18. The van der Waals surface area contributed by atoms with E-state index in [1.54, 1.807) is 0 Å². The van der Waals surface area contributed by atoms with Crippen LogP contribution in [0.25, 0.3) is 0 Å². The normalized spacial score (nSPS) is 12.1. The number of nitrogens with one attached hydrogen (secondary N) is 1. The Morgan fingerprint density at radius 1 is 1.19 bits per heavy atom. The summed E-state index contributed by atoms with van der Waals surface area (Å²) in [5.41, 5.74) is 2.81. The van der Waals surface area contributed by atoms with Crippen LogP contribution in [-0.2, 0) is 19.5 Å². The van der Waals surface area contributed by atoms with E-state index in [9.17, 15) is 0 Å². The molecule has 0 spiro atoms. The van der Waals surface area contributed by atoms with Crippen LogP contribution < -0.4 is 5.32 Å². The molecule has 0 aliphatic rings. The number of unbranched alkanes of at least 4 members (excludes halogenated alkanes) is 2. The molecule has 4 heteroatoms. The lowest BCUT2D eigenvalue weighted by molar-refractivity contribution is 0.300. The first-order chi connectivity index (χ1) is 9.95. The Hall–Kier alpha value is -0.350. The second kappa shape index (κ2) is 8.94. The molecule has 21 heavy (non-hydrogen) atoms. The Morgan fingerprint density at radius 2 is 1.90 bits per heavy atom. The number of rotatable bonds is 10. The molecule has 1 N–H and O–H groups in total. The van der Waals surface area contributed by atoms with Gasteiger partial charge in [-0.15, -0.1) is 0 Å². The molecule has 3 nitrogen and oxygen atoms in total. The van der Waals surface area contributed by atoms with Gasteiger partial charge in [0.05, 0.1) is 15.9 Å². The molecule has 0 saturated carbocycles. The lowest BCUT2D eigenvalue weighted by Crippen LogP contribution is -2.30. The average Bonchev–Trinajstić information content (AvgIpc) is 2.75. The number of hydrogen-bond donors (Lipinski definition) is 1. The van der Waals surface area contributed by atoms with E-state index in [0.717, 1.165) is 31.7 Å². The Bertz CT molecular complexity index is 424. The number of aryl methyl sites for hydroxylation is 2. The largest absolute Gasteiger partial charge is 0.311 e. The van der Waals surface area contributed by atoms with E-state index in [1.165, 1.54) is 35.8 Å². The minimum Gasteiger partial charge on any atom is -0.311 e. The van der Waals surface area contributed by atoms with Crippen LogP contribution in [0, 0.1) is 5.41 Å². The summed E-state index contributed by atoms with van der Waals surface area (Å²) >= 11 is 3.71. The Labute approximate surface area is 139 Å². The number of halogens is 1. The zero-order valence-electron chi connectivity index (χ0n) is 14.4. The number of hydrogen-bond acceptors (Lipinski definition) is 2. The van der Waals surface area contributed by atoms with E-state index in [0.29, 0.717) is 5.41 Å². The summed E-state index contributed by atoms with van der Waals surface area (Å²) in [6.45, 7) is 14.2. The van der Waals surface area contributed by atoms with Gasteiger partial charge in [0.2, 0.25) is 0 Å². The second-order valence-corrected chi connectivity index (χ2v) is 7.39. The van der Waals surface area contributed by atoms with Gasteiger partial charge < -0.3 is 5.32 Å². The fraction of sp³-hybridized carbons (Fsp3) is 0.824. The summed E-state index contributed by atoms with van der Waals surface area (Å²) in [5.74, 6) is 0. The lowest BCUT2D eigenvalue weighted by Gasteiger charge is -2.25. The van der Waals surface area contributed by atoms with Gasteiger partial charge >= 0.3 is 0 Å². The van der Waals surface area contributed by atoms with Crippen LogP contribution in [0.3, 0.4) is 0 Å². The van der Waals surface area contributed by atoms with Gasteiger partial charge in [-0.25, -0.2) is 0 Å². The van der Waals surface area contributed by atoms with E-state index < -0.39 is 0 Å². The van der Waals surface area contributed by atoms with Gasteiger partial charge in [-0.2, -0.15) is 5.10 Å². The summed E-state index contributed by atoms with van der Waals surface area (Å²) in [5, 5.41) is 8.28. The topological polar surface area (TPSA) is 29.9 Å². The lowest BCUT2D eigenvalue weighted by atomic mass is 9.87. The van der Waals surface area contributed by atoms with Crippen molar-refractivity contribution >= 4 is 15.9 Å². The summed E-state index contributed by atoms with van der Waals surface area (Å²) in [6.07, 6.45) is 6.25. The molecule has 0 saturated heterocycles. The summed E-state index contributed by atoms with van der Waals surface area (Å²) in [7, 11) is 0. The first-order valence-corrected chi connectivity index (χ1v) is 9.19. The monoisotopic (exact) mass is 357 g/mol. The first kappa shape index (κ1) is 18.7. The standard InChI is InChI=1S/C17H32BrN3/c1-6-9-10-11-17(4,5)13-19-12-15-16(18)14(7-2)20-21(15)8-3/h19H,6-13H2,1-5H3. The maximum absolute atomic E-state index is 4.65. The number of aromatic nitrogens is 2. The van der Waals surface area contributed by atoms with Gasteiger partial charge in [-0.3, -0.25) is 4.68 Å². The molecule has 0 aliphatic carbocycles. The van der Waals surface area contributed by atoms with Crippen LogP contribution in [0.5, 0.6) is 0 Å². The van der Waals surface area contributed by atoms with E-state index in [2.05, 4.69) is 65.6 Å². The molecular formula is C17H32BrN3. The molecule has 1 aromatic heterocycles. The third-order valence-electron chi connectivity index (χ3n) is 4.05. The third kappa shape index (κ3) is 5.74. The van der Waals surface area contributed by atoms with E-state index >= 15 is 0 Å². The van der Waals surface area contributed by atoms with Gasteiger partial charge in [0.1, 0.15) is 0 Å². The maximum atomic E-state index is 4.65. The van der Waals surface area contributed by atoms with E-state index in [4.69, 9.17) is 0 Å². The van der Waals surface area contributed by atoms with E-state index in [1.807, 2.05) is 0 Å². The second-order valence-electron chi connectivity index (χ2n) is 6.60. The molecule has 0 radical (unpaired) electrons. The van der Waals surface area contributed by atoms with Crippen LogP contribution in [0.2, 0.25) is 0 Å². The molecule has 1 aromatic rings. The molecule has 0 fully saturated rings. The van der Waals surface area contributed by atoms with Crippen LogP contribution >= 0.6 is 15.9 Å². The SMILES string of the molecule is CCCCCC(C)(C)CNCc1c(Br)c(CC)nn1CC. The van der Waals surface area contributed by atoms with Crippen molar-refractivity contribution < 1.29 is 0 Å². The Kier molecular flexibility index (Phi) is 7.96. The molecule has 0 bridgehead atoms. The van der Waals surface area contributed by atoms with Gasteiger partial charge in [-0.1, -0.05) is 47.0 Å². The molecule has 122 valence electrons.